The second kappa shape index (κ2) is 3.88. The smallest absolute Gasteiger partial charge is 0.295 e. The minimum Gasteiger partial charge on any atom is -0.295 e. The van der Waals surface area contributed by atoms with Gasteiger partial charge in [0.05, 0.1) is 11.0 Å². The third-order valence-electron chi connectivity index (χ3n) is 3.37. The molecular formula is C15H14N2O. The molecule has 0 aliphatic carbocycles. The molecule has 0 fully saturated rings. The van der Waals surface area contributed by atoms with E-state index in [1.165, 1.54) is 0 Å². The van der Waals surface area contributed by atoms with Gasteiger partial charge in [0, 0.05) is 19.7 Å². The number of hydrogen-bond donors (Lipinski definition) is 0. The summed E-state index contributed by atoms with van der Waals surface area (Å²) in [5.41, 5.74) is 4.17. The molecule has 3 rings (SSSR count). The average molecular weight is 238 g/mol. The number of imidazole rings is 1. The van der Waals surface area contributed by atoms with Crippen LogP contribution in [0.3, 0.4) is 0 Å². The molecule has 3 heteroatoms. The molecule has 90 valence electrons. The molecule has 0 saturated heterocycles. The second-order valence-corrected chi connectivity index (χ2v) is 4.44. The molecule has 0 atom stereocenters. The summed E-state index contributed by atoms with van der Waals surface area (Å²) in [5, 5.41) is 0. The third-order valence-corrected chi connectivity index (χ3v) is 3.37. The number of hydrogen-bond acceptors (Lipinski definition) is 1. The highest BCUT2D eigenvalue weighted by Gasteiger charge is 2.12. The monoisotopic (exact) mass is 238 g/mol. The van der Waals surface area contributed by atoms with Crippen molar-refractivity contribution in [3.63, 3.8) is 0 Å². The number of fused-ring (bicyclic) bond motifs is 1. The first-order valence-corrected chi connectivity index (χ1v) is 5.90. The summed E-state index contributed by atoms with van der Waals surface area (Å²) in [6, 6.07) is 16.2. The SMILES string of the molecule is Cn1c(=O)n(C)c2c(-c3ccccc3)cccc21. The first-order valence-electron chi connectivity index (χ1n) is 5.90. The van der Waals surface area contributed by atoms with E-state index in [9.17, 15) is 4.79 Å². The van der Waals surface area contributed by atoms with Gasteiger partial charge in [-0.25, -0.2) is 4.79 Å². The summed E-state index contributed by atoms with van der Waals surface area (Å²) >= 11 is 0. The molecule has 0 spiro atoms. The van der Waals surface area contributed by atoms with E-state index in [4.69, 9.17) is 0 Å². The Morgan fingerprint density at radius 3 is 2.28 bits per heavy atom. The Labute approximate surface area is 105 Å². The van der Waals surface area contributed by atoms with Gasteiger partial charge in [0.15, 0.2) is 0 Å². The molecule has 0 bridgehead atoms. The second-order valence-electron chi connectivity index (χ2n) is 4.44. The summed E-state index contributed by atoms with van der Waals surface area (Å²) in [5.74, 6) is 0. The van der Waals surface area contributed by atoms with Gasteiger partial charge < -0.3 is 0 Å². The molecule has 3 nitrogen and oxygen atoms in total. The zero-order valence-corrected chi connectivity index (χ0v) is 10.4. The van der Waals surface area contributed by atoms with Gasteiger partial charge in [-0.1, -0.05) is 42.5 Å². The van der Waals surface area contributed by atoms with Crippen LogP contribution >= 0.6 is 0 Å². The molecule has 18 heavy (non-hydrogen) atoms. The Bertz CT molecular complexity index is 766. The van der Waals surface area contributed by atoms with Crippen molar-refractivity contribution < 1.29 is 0 Å². The summed E-state index contributed by atoms with van der Waals surface area (Å²) in [7, 11) is 3.62. The van der Waals surface area contributed by atoms with Crippen molar-refractivity contribution in [2.75, 3.05) is 0 Å². The van der Waals surface area contributed by atoms with Gasteiger partial charge >= 0.3 is 5.69 Å². The van der Waals surface area contributed by atoms with Crippen molar-refractivity contribution in [2.45, 2.75) is 0 Å². The molecule has 1 heterocycles. The Kier molecular flexibility index (Phi) is 2.33. The predicted molar refractivity (Wildman–Crippen MR) is 73.6 cm³/mol. The van der Waals surface area contributed by atoms with Crippen molar-refractivity contribution in [2.24, 2.45) is 14.1 Å². The lowest BCUT2D eigenvalue weighted by Gasteiger charge is -2.05. The quantitative estimate of drug-likeness (QED) is 0.640. The molecule has 0 aliphatic rings. The highest BCUT2D eigenvalue weighted by Crippen LogP contribution is 2.27. The third kappa shape index (κ3) is 1.40. The van der Waals surface area contributed by atoms with Gasteiger partial charge in [0.1, 0.15) is 0 Å². The minimum absolute atomic E-state index is 0.00776. The highest BCUT2D eigenvalue weighted by molar-refractivity contribution is 5.92. The Morgan fingerprint density at radius 2 is 1.56 bits per heavy atom. The fourth-order valence-electron chi connectivity index (χ4n) is 2.43. The van der Waals surface area contributed by atoms with Gasteiger partial charge in [-0.3, -0.25) is 9.13 Å². The highest BCUT2D eigenvalue weighted by atomic mass is 16.1. The van der Waals surface area contributed by atoms with Crippen LogP contribution < -0.4 is 5.69 Å². The van der Waals surface area contributed by atoms with E-state index >= 15 is 0 Å². The predicted octanol–water partition coefficient (Wildman–Crippen LogP) is 2.54. The largest absolute Gasteiger partial charge is 0.328 e. The molecule has 0 unspecified atom stereocenters. The van der Waals surface area contributed by atoms with Gasteiger partial charge in [0.25, 0.3) is 0 Å². The molecule has 3 aromatic rings. The average Bonchev–Trinajstić information content (AvgIpc) is 2.65. The van der Waals surface area contributed by atoms with E-state index in [0.717, 1.165) is 22.2 Å². The molecule has 0 saturated carbocycles. The summed E-state index contributed by atoms with van der Waals surface area (Å²) in [6.07, 6.45) is 0. The first-order chi connectivity index (χ1) is 8.70. The number of aryl methyl sites for hydroxylation is 2. The van der Waals surface area contributed by atoms with Crippen LogP contribution in [0.2, 0.25) is 0 Å². The van der Waals surface area contributed by atoms with E-state index in [2.05, 4.69) is 18.2 Å². The summed E-state index contributed by atoms with van der Waals surface area (Å²) < 4.78 is 3.39. The van der Waals surface area contributed by atoms with Crippen molar-refractivity contribution in [3.05, 3.63) is 59.0 Å². The lowest BCUT2D eigenvalue weighted by atomic mass is 10.0. The van der Waals surface area contributed by atoms with E-state index in [-0.39, 0.29) is 5.69 Å². The number of para-hydroxylation sites is 1. The lowest BCUT2D eigenvalue weighted by molar-refractivity contribution is 0.795. The van der Waals surface area contributed by atoms with Crippen LogP contribution in [0.5, 0.6) is 0 Å². The topological polar surface area (TPSA) is 26.9 Å². The molecule has 0 aliphatic heterocycles. The number of rotatable bonds is 1. The summed E-state index contributed by atoms with van der Waals surface area (Å²) in [6.45, 7) is 0. The maximum Gasteiger partial charge on any atom is 0.328 e. The van der Waals surface area contributed by atoms with E-state index in [1.807, 2.05) is 37.4 Å². The summed E-state index contributed by atoms with van der Waals surface area (Å²) in [4.78, 5) is 12.0. The van der Waals surface area contributed by atoms with Crippen LogP contribution in [0.4, 0.5) is 0 Å². The number of benzene rings is 2. The van der Waals surface area contributed by atoms with Crippen molar-refractivity contribution in [3.8, 4) is 11.1 Å². The van der Waals surface area contributed by atoms with Gasteiger partial charge in [-0.2, -0.15) is 0 Å². The Balaban J connectivity index is 2.45. The standard InChI is InChI=1S/C15H14N2O/c1-16-13-10-6-9-12(11-7-4-3-5-8-11)14(13)17(2)15(16)18/h3-10H,1-2H3. The minimum atomic E-state index is 0.00776. The number of nitrogens with zero attached hydrogens (tertiary/aromatic N) is 2. The van der Waals surface area contributed by atoms with Crippen LogP contribution in [-0.4, -0.2) is 9.13 Å². The molecule has 0 N–H and O–H groups in total. The fourth-order valence-corrected chi connectivity index (χ4v) is 2.43. The van der Waals surface area contributed by atoms with Gasteiger partial charge in [-0.05, 0) is 11.6 Å². The van der Waals surface area contributed by atoms with Crippen molar-refractivity contribution in [1.29, 1.82) is 0 Å². The molecule has 2 aromatic carbocycles. The van der Waals surface area contributed by atoms with Crippen LogP contribution in [-0.2, 0) is 14.1 Å². The maximum atomic E-state index is 12.0. The maximum absolute atomic E-state index is 12.0. The van der Waals surface area contributed by atoms with Gasteiger partial charge in [-0.15, -0.1) is 0 Å². The van der Waals surface area contributed by atoms with Crippen LogP contribution in [0.15, 0.2) is 53.3 Å². The number of aromatic nitrogens is 2. The van der Waals surface area contributed by atoms with E-state index in [0.29, 0.717) is 0 Å². The van der Waals surface area contributed by atoms with Crippen molar-refractivity contribution >= 4 is 11.0 Å². The van der Waals surface area contributed by atoms with Crippen LogP contribution in [0.1, 0.15) is 0 Å². The molecule has 1 aromatic heterocycles. The van der Waals surface area contributed by atoms with E-state index in [1.54, 1.807) is 16.2 Å². The molecule has 0 amide bonds. The fraction of sp³-hybridized carbons (Fsp3) is 0.133. The molecular weight excluding hydrogens is 224 g/mol. The lowest BCUT2D eigenvalue weighted by Crippen LogP contribution is -2.19. The van der Waals surface area contributed by atoms with Gasteiger partial charge in [0.2, 0.25) is 0 Å². The first kappa shape index (κ1) is 10.8. The van der Waals surface area contributed by atoms with E-state index < -0.39 is 0 Å². The Hall–Kier alpha value is -2.29. The molecule has 0 radical (unpaired) electrons. The normalized spacial score (nSPS) is 11.0. The Morgan fingerprint density at radius 1 is 0.833 bits per heavy atom. The zero-order chi connectivity index (χ0) is 12.7. The van der Waals surface area contributed by atoms with Crippen LogP contribution in [0, 0.1) is 0 Å². The van der Waals surface area contributed by atoms with Crippen molar-refractivity contribution in [1.82, 2.24) is 9.13 Å². The zero-order valence-electron chi connectivity index (χ0n) is 10.4. The van der Waals surface area contributed by atoms with Crippen LogP contribution in [0.25, 0.3) is 22.2 Å².